The number of hydrogen-bond donors (Lipinski definition) is 3. The molecule has 8 heteroatoms. The summed E-state index contributed by atoms with van der Waals surface area (Å²) < 4.78 is 5.22. The number of nitrogens with zero attached hydrogens (tertiary/aromatic N) is 1. The maximum atomic E-state index is 11.9. The molecule has 3 N–H and O–H groups in total. The van der Waals surface area contributed by atoms with E-state index in [0.29, 0.717) is 35.4 Å². The van der Waals surface area contributed by atoms with Crippen molar-refractivity contribution in [1.82, 2.24) is 10.6 Å². The van der Waals surface area contributed by atoms with Gasteiger partial charge in [0.15, 0.2) is 5.96 Å². The fourth-order valence-electron chi connectivity index (χ4n) is 1.72. The van der Waals surface area contributed by atoms with Crippen LogP contribution in [0, 0.1) is 6.92 Å². The Balaban J connectivity index is 0.00000441. The molecule has 0 bridgehead atoms. The Morgan fingerprint density at radius 1 is 1.41 bits per heavy atom. The van der Waals surface area contributed by atoms with Crippen LogP contribution >= 0.6 is 35.6 Å². The first-order valence-corrected chi connectivity index (χ1v) is 6.92. The first-order chi connectivity index (χ1) is 10.0. The van der Waals surface area contributed by atoms with E-state index in [1.165, 1.54) is 7.11 Å². The van der Waals surface area contributed by atoms with E-state index in [2.05, 4.69) is 20.9 Å². The highest BCUT2D eigenvalue weighted by Crippen LogP contribution is 2.30. The summed E-state index contributed by atoms with van der Waals surface area (Å²) in [5, 5.41) is 9.31. The van der Waals surface area contributed by atoms with Crippen LogP contribution in [-0.2, 0) is 4.79 Å². The third kappa shape index (κ3) is 6.27. The van der Waals surface area contributed by atoms with Crippen LogP contribution in [-0.4, -0.2) is 39.6 Å². The smallest absolute Gasteiger partial charge is 0.226 e. The van der Waals surface area contributed by atoms with Gasteiger partial charge in [0.25, 0.3) is 0 Å². The van der Waals surface area contributed by atoms with Crippen molar-refractivity contribution in [2.24, 2.45) is 4.99 Å². The van der Waals surface area contributed by atoms with Gasteiger partial charge < -0.3 is 20.7 Å². The number of hydrogen-bond acceptors (Lipinski definition) is 3. The second kappa shape index (κ2) is 10.5. The second-order valence-electron chi connectivity index (χ2n) is 4.35. The average Bonchev–Trinajstić information content (AvgIpc) is 2.47. The molecule has 0 radical (unpaired) electrons. The number of aliphatic imine (C=N–C) groups is 1. The zero-order valence-electron chi connectivity index (χ0n) is 13.1. The Hall–Kier alpha value is -1.22. The summed E-state index contributed by atoms with van der Waals surface area (Å²) in [6.07, 6.45) is 0.311. The molecule has 0 aliphatic heterocycles. The number of benzene rings is 1. The molecule has 1 aromatic rings. The monoisotopic (exact) mass is 440 g/mol. The summed E-state index contributed by atoms with van der Waals surface area (Å²) in [5.41, 5.74) is 1.49. The first-order valence-electron chi connectivity index (χ1n) is 6.54. The summed E-state index contributed by atoms with van der Waals surface area (Å²) in [7, 11) is 4.96. The fraction of sp³-hybridized carbons (Fsp3) is 0.429. The van der Waals surface area contributed by atoms with Crippen molar-refractivity contribution in [3.63, 3.8) is 0 Å². The molecule has 6 nitrogen and oxygen atoms in total. The van der Waals surface area contributed by atoms with E-state index in [9.17, 15) is 4.79 Å². The number of carbonyl (C=O) groups is 1. The SMILES string of the molecule is CN=C(NC)NCCC(=O)Nc1cc(C)c(Cl)cc1OC.I. The highest BCUT2D eigenvalue weighted by molar-refractivity contribution is 14.0. The molecule has 0 fully saturated rings. The van der Waals surface area contributed by atoms with Crippen LogP contribution in [0.4, 0.5) is 5.69 Å². The van der Waals surface area contributed by atoms with Crippen LogP contribution in [0.5, 0.6) is 5.75 Å². The van der Waals surface area contributed by atoms with E-state index in [4.69, 9.17) is 16.3 Å². The van der Waals surface area contributed by atoms with Gasteiger partial charge in [-0.2, -0.15) is 0 Å². The van der Waals surface area contributed by atoms with Crippen LogP contribution in [0.3, 0.4) is 0 Å². The number of anilines is 1. The lowest BCUT2D eigenvalue weighted by molar-refractivity contribution is -0.116. The summed E-state index contributed by atoms with van der Waals surface area (Å²) >= 11 is 6.03. The van der Waals surface area contributed by atoms with Crippen molar-refractivity contribution in [2.45, 2.75) is 13.3 Å². The quantitative estimate of drug-likeness (QED) is 0.373. The largest absolute Gasteiger partial charge is 0.495 e. The zero-order chi connectivity index (χ0) is 15.8. The molecule has 1 rings (SSSR count). The molecule has 0 aliphatic rings. The molecular weight excluding hydrogens is 419 g/mol. The number of rotatable bonds is 5. The van der Waals surface area contributed by atoms with Gasteiger partial charge in [-0.1, -0.05) is 11.6 Å². The van der Waals surface area contributed by atoms with Gasteiger partial charge in [-0.05, 0) is 18.6 Å². The summed E-state index contributed by atoms with van der Waals surface area (Å²) in [5.74, 6) is 1.06. The van der Waals surface area contributed by atoms with Crippen LogP contribution in [0.1, 0.15) is 12.0 Å². The Morgan fingerprint density at radius 3 is 2.64 bits per heavy atom. The minimum Gasteiger partial charge on any atom is -0.495 e. The molecule has 0 aromatic heterocycles. The van der Waals surface area contributed by atoms with Gasteiger partial charge in [0.05, 0.1) is 12.8 Å². The molecule has 0 saturated heterocycles. The van der Waals surface area contributed by atoms with Crippen molar-refractivity contribution in [3.05, 3.63) is 22.7 Å². The van der Waals surface area contributed by atoms with Crippen molar-refractivity contribution < 1.29 is 9.53 Å². The fourth-order valence-corrected chi connectivity index (χ4v) is 1.87. The maximum absolute atomic E-state index is 11.9. The lowest BCUT2D eigenvalue weighted by Gasteiger charge is -2.13. The lowest BCUT2D eigenvalue weighted by atomic mass is 10.2. The standard InChI is InChI=1S/C14H21ClN4O2.HI/c1-9-7-11(12(21-4)8-10(9)15)19-13(20)5-6-18-14(16-2)17-3;/h7-8H,5-6H2,1-4H3,(H,19,20)(H2,16,17,18);1H. The predicted octanol–water partition coefficient (Wildman–Crippen LogP) is 2.40. The van der Waals surface area contributed by atoms with Gasteiger partial charge in [-0.25, -0.2) is 0 Å². The molecule has 0 saturated carbocycles. The van der Waals surface area contributed by atoms with Crippen LogP contribution in [0.2, 0.25) is 5.02 Å². The van der Waals surface area contributed by atoms with Crippen LogP contribution in [0.15, 0.2) is 17.1 Å². The summed E-state index contributed by atoms with van der Waals surface area (Å²) in [6.45, 7) is 2.35. The predicted molar refractivity (Wildman–Crippen MR) is 102 cm³/mol. The number of amides is 1. The number of methoxy groups -OCH3 is 1. The van der Waals surface area contributed by atoms with Crippen molar-refractivity contribution in [1.29, 1.82) is 0 Å². The normalized spacial score (nSPS) is 10.5. The number of aryl methyl sites for hydroxylation is 1. The highest BCUT2D eigenvalue weighted by atomic mass is 127. The Bertz CT molecular complexity index is 538. The van der Waals surface area contributed by atoms with Crippen LogP contribution < -0.4 is 20.7 Å². The average molecular weight is 441 g/mol. The van der Waals surface area contributed by atoms with Crippen molar-refractivity contribution in [2.75, 3.05) is 33.1 Å². The summed E-state index contributed by atoms with van der Waals surface area (Å²) in [6, 6.07) is 3.48. The zero-order valence-corrected chi connectivity index (χ0v) is 16.2. The third-order valence-corrected chi connectivity index (χ3v) is 3.27. The third-order valence-electron chi connectivity index (χ3n) is 2.86. The van der Waals surface area contributed by atoms with Gasteiger partial charge >= 0.3 is 0 Å². The number of carbonyl (C=O) groups excluding carboxylic acids is 1. The van der Waals surface area contributed by atoms with E-state index in [0.717, 1.165) is 5.56 Å². The van der Waals surface area contributed by atoms with E-state index >= 15 is 0 Å². The lowest BCUT2D eigenvalue weighted by Crippen LogP contribution is -2.36. The van der Waals surface area contributed by atoms with E-state index in [1.807, 2.05) is 6.92 Å². The van der Waals surface area contributed by atoms with Crippen LogP contribution in [0.25, 0.3) is 0 Å². The molecular formula is C14H22ClIN4O2. The van der Waals surface area contributed by atoms with Gasteiger partial charge in [0.1, 0.15) is 5.75 Å². The molecule has 0 atom stereocenters. The van der Waals surface area contributed by atoms with Crippen molar-refractivity contribution in [3.8, 4) is 5.75 Å². The topological polar surface area (TPSA) is 74.8 Å². The number of ether oxygens (including phenoxy) is 1. The molecule has 1 aromatic carbocycles. The van der Waals surface area contributed by atoms with Gasteiger partial charge in [0.2, 0.25) is 5.91 Å². The number of halogens is 2. The van der Waals surface area contributed by atoms with E-state index in [-0.39, 0.29) is 29.9 Å². The highest BCUT2D eigenvalue weighted by Gasteiger charge is 2.10. The molecule has 0 spiro atoms. The van der Waals surface area contributed by atoms with E-state index < -0.39 is 0 Å². The maximum Gasteiger partial charge on any atom is 0.226 e. The number of nitrogens with one attached hydrogen (secondary N) is 3. The molecule has 0 unspecified atom stereocenters. The minimum absolute atomic E-state index is 0. The Labute approximate surface area is 153 Å². The first kappa shape index (κ1) is 20.8. The Kier molecular flexibility index (Phi) is 9.91. The summed E-state index contributed by atoms with van der Waals surface area (Å²) in [4.78, 5) is 15.9. The van der Waals surface area contributed by atoms with Gasteiger partial charge in [0, 0.05) is 38.1 Å². The minimum atomic E-state index is -0.117. The molecule has 124 valence electrons. The number of guanidine groups is 1. The van der Waals surface area contributed by atoms with Crippen molar-refractivity contribution >= 4 is 53.1 Å². The van der Waals surface area contributed by atoms with E-state index in [1.54, 1.807) is 26.2 Å². The van der Waals surface area contributed by atoms with Gasteiger partial charge in [-0.15, -0.1) is 24.0 Å². The molecule has 1 amide bonds. The second-order valence-corrected chi connectivity index (χ2v) is 4.76. The molecule has 0 heterocycles. The molecule has 22 heavy (non-hydrogen) atoms. The Morgan fingerprint density at radius 2 is 2.09 bits per heavy atom. The van der Waals surface area contributed by atoms with Gasteiger partial charge in [-0.3, -0.25) is 9.79 Å². The molecule has 0 aliphatic carbocycles.